The van der Waals surface area contributed by atoms with Crippen molar-refractivity contribution in [3.05, 3.63) is 55.8 Å². The Labute approximate surface area is 297 Å². The minimum atomic E-state index is 0. The fraction of sp³-hybridized carbons (Fsp3) is 0.735. The van der Waals surface area contributed by atoms with Gasteiger partial charge in [-0.3, -0.25) is 19.8 Å². The number of nitrogens with one attached hydrogen (secondary N) is 2. The fourth-order valence-corrected chi connectivity index (χ4v) is 3.96. The maximum atomic E-state index is 4.03. The fourth-order valence-electron chi connectivity index (χ4n) is 3.96. The van der Waals surface area contributed by atoms with E-state index in [0.717, 1.165) is 26.2 Å². The predicted molar refractivity (Wildman–Crippen MR) is 200 cm³/mol. The van der Waals surface area contributed by atoms with Gasteiger partial charge < -0.3 is 9.58 Å². The van der Waals surface area contributed by atoms with Gasteiger partial charge in [-0.15, -0.1) is 15.3 Å². The number of hydrazine groups is 2. The summed E-state index contributed by atoms with van der Waals surface area (Å²) in [5, 5.41) is 32.9. The molecule has 0 aromatic carbocycles. The molecule has 1 saturated heterocycles. The van der Waals surface area contributed by atoms with Crippen molar-refractivity contribution < 1.29 is 0 Å². The van der Waals surface area contributed by atoms with Crippen LogP contribution in [0.5, 0.6) is 0 Å². The number of hydrogen-bond donors (Lipinski definition) is 2. The number of aromatic nitrogens is 8. The van der Waals surface area contributed by atoms with E-state index in [0.29, 0.717) is 36.3 Å². The zero-order valence-corrected chi connectivity index (χ0v) is 31.7. The van der Waals surface area contributed by atoms with E-state index in [1.54, 1.807) is 29.7 Å². The van der Waals surface area contributed by atoms with Crippen molar-refractivity contribution >= 4 is 0 Å². The van der Waals surface area contributed by atoms with Crippen LogP contribution in [0.4, 0.5) is 0 Å². The Balaban J connectivity index is 0.000000562. The van der Waals surface area contributed by atoms with Gasteiger partial charge in [0.2, 0.25) is 0 Å². The Morgan fingerprint density at radius 1 is 0.653 bits per heavy atom. The standard InChI is InChI=1S/C6H14N2.C6H12N2.C6H10N2.C5H9N3.C5H11N3.C5H9N3.CH4/c3*1-6(2)8-5-3-4-7-8;1-5(2)8-3-6-7-4-8;2*1-5(2)8-4-3-6-7-8;/h6-7H,3-5H2,1-2H3;3,5-7H,4H2,1-2H3;3-6H,1-2H3;3-5H,1-2H3;5H,3-4H2,1-2H3;3-5H,1-2H3;1H4. The predicted octanol–water partition coefficient (Wildman–Crippen LogP) is 6.23. The molecule has 280 valence electrons. The van der Waals surface area contributed by atoms with Gasteiger partial charge in [0.05, 0.1) is 19.3 Å². The van der Waals surface area contributed by atoms with Gasteiger partial charge in [0, 0.05) is 80.7 Å². The molecule has 3 aromatic rings. The van der Waals surface area contributed by atoms with Crippen molar-refractivity contribution in [3.8, 4) is 0 Å². The van der Waals surface area contributed by atoms with Gasteiger partial charge in [-0.25, -0.2) is 10.4 Å². The van der Waals surface area contributed by atoms with Crippen LogP contribution in [0.3, 0.4) is 0 Å². The third-order valence-electron chi connectivity index (χ3n) is 6.99. The van der Waals surface area contributed by atoms with Crippen molar-refractivity contribution in [3.63, 3.8) is 0 Å². The summed E-state index contributed by atoms with van der Waals surface area (Å²) in [7, 11) is 0. The molecule has 0 unspecified atom stereocenters. The van der Waals surface area contributed by atoms with Crippen LogP contribution < -0.4 is 10.9 Å². The van der Waals surface area contributed by atoms with Crippen LogP contribution in [0.15, 0.2) is 66.1 Å². The molecule has 0 radical (unpaired) electrons. The molecule has 0 aliphatic carbocycles. The van der Waals surface area contributed by atoms with E-state index in [9.17, 15) is 0 Å². The Kier molecular flexibility index (Phi) is 24.2. The normalized spacial score (nSPS) is 14.9. The van der Waals surface area contributed by atoms with Crippen molar-refractivity contribution in [2.75, 3.05) is 32.7 Å². The van der Waals surface area contributed by atoms with Crippen LogP contribution in [0.1, 0.15) is 115 Å². The van der Waals surface area contributed by atoms with Crippen molar-refractivity contribution in [2.24, 2.45) is 10.3 Å². The quantitative estimate of drug-likeness (QED) is 0.307. The monoisotopic (exact) mass is 688 g/mol. The van der Waals surface area contributed by atoms with Gasteiger partial charge >= 0.3 is 0 Å². The van der Waals surface area contributed by atoms with E-state index in [-0.39, 0.29) is 7.43 Å². The second-order valence-corrected chi connectivity index (χ2v) is 13.1. The van der Waals surface area contributed by atoms with E-state index in [1.165, 1.54) is 13.0 Å². The average molecular weight is 688 g/mol. The Morgan fingerprint density at radius 3 is 1.57 bits per heavy atom. The SMILES string of the molecule is C.CC(C)N1C=CCN1.CC(C)N1CCCN1.CC(C)N1CCN=N1.CC(C)n1cccn1.CC(C)n1ccnn1.CC(C)n1cnnc1. The molecule has 0 saturated carbocycles. The Morgan fingerprint density at radius 2 is 1.33 bits per heavy atom. The molecule has 15 heteroatoms. The topological polar surface area (TPSA) is 138 Å². The number of rotatable bonds is 6. The first-order valence-electron chi connectivity index (χ1n) is 17.3. The third-order valence-corrected chi connectivity index (χ3v) is 6.99. The molecule has 15 nitrogen and oxygen atoms in total. The van der Waals surface area contributed by atoms with E-state index < -0.39 is 0 Å². The summed E-state index contributed by atoms with van der Waals surface area (Å²) in [6.45, 7) is 30.7. The lowest BCUT2D eigenvalue weighted by Gasteiger charge is -2.19. The van der Waals surface area contributed by atoms with Gasteiger partial charge in [-0.05, 0) is 95.6 Å². The first-order valence-corrected chi connectivity index (χ1v) is 17.3. The summed E-state index contributed by atoms with van der Waals surface area (Å²) in [5.74, 6) is 0. The highest BCUT2D eigenvalue weighted by Crippen LogP contribution is 2.04. The smallest absolute Gasteiger partial charge is 0.119 e. The first-order chi connectivity index (χ1) is 22.8. The van der Waals surface area contributed by atoms with Crippen LogP contribution in [0.2, 0.25) is 0 Å². The molecule has 3 aliphatic heterocycles. The highest BCUT2D eigenvalue weighted by Gasteiger charge is 2.12. The molecule has 0 atom stereocenters. The van der Waals surface area contributed by atoms with Gasteiger partial charge in [-0.1, -0.05) is 23.9 Å². The minimum absolute atomic E-state index is 0. The van der Waals surface area contributed by atoms with E-state index in [4.69, 9.17) is 0 Å². The lowest BCUT2D eigenvalue weighted by atomic mass is 10.4. The summed E-state index contributed by atoms with van der Waals surface area (Å²) in [5.41, 5.74) is 6.47. The van der Waals surface area contributed by atoms with Crippen LogP contribution in [0.25, 0.3) is 0 Å². The van der Waals surface area contributed by atoms with Crippen molar-refractivity contribution in [1.29, 1.82) is 0 Å². The van der Waals surface area contributed by atoms with E-state index >= 15 is 0 Å². The van der Waals surface area contributed by atoms with Gasteiger partial charge in [0.15, 0.2) is 0 Å². The second-order valence-electron chi connectivity index (χ2n) is 13.1. The number of nitrogens with zero attached hydrogens (tertiary/aromatic N) is 13. The number of hydrogen-bond acceptors (Lipinski definition) is 12. The molecule has 3 aromatic heterocycles. The van der Waals surface area contributed by atoms with E-state index in [2.05, 4.69) is 152 Å². The molecule has 3 aliphatic rings. The minimum Gasteiger partial charge on any atom is -0.318 e. The maximum Gasteiger partial charge on any atom is 0.119 e. The van der Waals surface area contributed by atoms with E-state index in [1.807, 2.05) is 32.7 Å². The van der Waals surface area contributed by atoms with Gasteiger partial charge in [-0.2, -0.15) is 10.2 Å². The Hall–Kier alpha value is -3.69. The molecule has 6 rings (SSSR count). The summed E-state index contributed by atoms with van der Waals surface area (Å²) in [6.07, 6.45) is 16.2. The molecular weight excluding hydrogens is 618 g/mol. The highest BCUT2D eigenvalue weighted by molar-refractivity contribution is 4.90. The molecule has 2 N–H and O–H groups in total. The van der Waals surface area contributed by atoms with Crippen LogP contribution in [-0.2, 0) is 0 Å². The molecule has 49 heavy (non-hydrogen) atoms. The Bertz CT molecular complexity index is 1050. The molecule has 0 bridgehead atoms. The summed E-state index contributed by atoms with van der Waals surface area (Å²) in [4.78, 5) is 0. The third kappa shape index (κ3) is 20.4. The molecular formula is C34H69N15. The lowest BCUT2D eigenvalue weighted by molar-refractivity contribution is 0.200. The van der Waals surface area contributed by atoms with Crippen LogP contribution in [-0.4, -0.2) is 105 Å². The summed E-state index contributed by atoms with van der Waals surface area (Å²) >= 11 is 0. The zero-order chi connectivity index (χ0) is 35.9. The highest BCUT2D eigenvalue weighted by atomic mass is 15.6. The molecule has 0 amide bonds. The van der Waals surface area contributed by atoms with Crippen molar-refractivity contribution in [1.82, 2.24) is 65.4 Å². The largest absolute Gasteiger partial charge is 0.318 e. The first kappa shape index (κ1) is 45.3. The summed E-state index contributed by atoms with van der Waals surface area (Å²) < 4.78 is 5.67. The zero-order valence-electron chi connectivity index (χ0n) is 31.7. The van der Waals surface area contributed by atoms with Gasteiger partial charge in [0.25, 0.3) is 0 Å². The second kappa shape index (κ2) is 26.2. The maximum absolute atomic E-state index is 4.03. The van der Waals surface area contributed by atoms with Gasteiger partial charge in [0.1, 0.15) is 12.7 Å². The molecule has 0 spiro atoms. The molecule has 6 heterocycles. The van der Waals surface area contributed by atoms with Crippen LogP contribution >= 0.6 is 0 Å². The lowest BCUT2D eigenvalue weighted by Crippen LogP contribution is -2.36. The van der Waals surface area contributed by atoms with Crippen LogP contribution in [0, 0.1) is 0 Å². The summed E-state index contributed by atoms with van der Waals surface area (Å²) in [6, 6.07) is 5.08. The van der Waals surface area contributed by atoms with Crippen molar-refractivity contribution in [2.45, 2.75) is 133 Å². The average Bonchev–Trinajstić information content (AvgIpc) is 3.91. The molecule has 1 fully saturated rings.